The summed E-state index contributed by atoms with van der Waals surface area (Å²) in [6, 6.07) is 17.9. The van der Waals surface area contributed by atoms with Crippen LogP contribution in [0.4, 0.5) is 11.4 Å². The zero-order chi connectivity index (χ0) is 30.4. The zero-order valence-electron chi connectivity index (χ0n) is 25.2. The molecule has 2 N–H and O–H groups in total. The van der Waals surface area contributed by atoms with Crippen molar-refractivity contribution in [2.24, 2.45) is 0 Å². The number of ether oxygens (including phenoxy) is 1. The first kappa shape index (κ1) is 29.2. The molecule has 3 aromatic rings. The van der Waals surface area contributed by atoms with Crippen LogP contribution in [0.5, 0.6) is 0 Å². The van der Waals surface area contributed by atoms with Crippen LogP contribution in [0.3, 0.4) is 0 Å². The van der Waals surface area contributed by atoms with E-state index >= 15 is 0 Å². The molecule has 8 heteroatoms. The van der Waals surface area contributed by atoms with Gasteiger partial charge in [0.2, 0.25) is 0 Å². The number of fused-ring (bicyclic) bond motifs is 6. The summed E-state index contributed by atoms with van der Waals surface area (Å²) >= 11 is 0. The molecule has 0 saturated heterocycles. The third-order valence-electron chi connectivity index (χ3n) is 8.64. The molecule has 3 aromatic carbocycles. The number of amides is 1. The number of hydrogen-bond donors (Lipinski definition) is 2. The Bertz CT molecular complexity index is 1510. The standard InChI is InChI=1S/C34H39N3O5/c1-33(2)27-19-21(36(3)4)14-16-24(27)34(25-17-15-22(37(5)6)20-28(25)33)26-12-10-11-23(30(26)32(41)42-34)31(40)35-18-9-7-8-13-29(38)39/h10-12,14-17,19-20H,7-9,13,18H2,1-6H3,(H,35,40)(H,38,39). The fourth-order valence-corrected chi connectivity index (χ4v) is 6.33. The van der Waals surface area contributed by atoms with Gasteiger partial charge >= 0.3 is 11.9 Å². The largest absolute Gasteiger partial charge is 0.481 e. The first-order valence-electron chi connectivity index (χ1n) is 14.4. The first-order valence-corrected chi connectivity index (χ1v) is 14.4. The van der Waals surface area contributed by atoms with E-state index in [1.165, 1.54) is 0 Å². The SMILES string of the molecule is CN(C)c1ccc2c(c1)C(C)(C)c1cc(N(C)C)ccc1C21OC(=O)c2c(C(=O)NCCCCCC(=O)O)cccc21. The van der Waals surface area contributed by atoms with E-state index in [0.29, 0.717) is 31.4 Å². The van der Waals surface area contributed by atoms with Crippen LogP contribution >= 0.6 is 0 Å². The van der Waals surface area contributed by atoms with Crippen LogP contribution in [0.2, 0.25) is 0 Å². The minimum atomic E-state index is -1.20. The summed E-state index contributed by atoms with van der Waals surface area (Å²) in [5.41, 5.74) is 5.65. The molecule has 0 saturated carbocycles. The van der Waals surface area contributed by atoms with Gasteiger partial charge in [-0.3, -0.25) is 9.59 Å². The van der Waals surface area contributed by atoms with E-state index in [-0.39, 0.29) is 23.5 Å². The molecule has 1 aliphatic carbocycles. The predicted octanol–water partition coefficient (Wildman–Crippen LogP) is 5.30. The van der Waals surface area contributed by atoms with E-state index in [0.717, 1.165) is 33.6 Å². The smallest absolute Gasteiger partial charge is 0.340 e. The van der Waals surface area contributed by atoms with Crippen molar-refractivity contribution in [2.75, 3.05) is 44.5 Å². The van der Waals surface area contributed by atoms with Crippen LogP contribution in [0.15, 0.2) is 54.6 Å². The topological polar surface area (TPSA) is 99.2 Å². The van der Waals surface area contributed by atoms with Gasteiger partial charge in [0.05, 0.1) is 11.1 Å². The summed E-state index contributed by atoms with van der Waals surface area (Å²) in [7, 11) is 8.03. The normalized spacial score (nSPS) is 15.3. The van der Waals surface area contributed by atoms with Gasteiger partial charge < -0.3 is 25.0 Å². The summed E-state index contributed by atoms with van der Waals surface area (Å²) in [4.78, 5) is 42.1. The van der Waals surface area contributed by atoms with Gasteiger partial charge in [-0.2, -0.15) is 0 Å². The first-order chi connectivity index (χ1) is 19.9. The molecular formula is C34H39N3O5. The number of anilines is 2. The lowest BCUT2D eigenvalue weighted by molar-refractivity contribution is -0.137. The van der Waals surface area contributed by atoms with Crippen LogP contribution in [-0.2, 0) is 20.5 Å². The molecule has 1 aliphatic heterocycles. The maximum absolute atomic E-state index is 13.8. The van der Waals surface area contributed by atoms with Crippen molar-refractivity contribution in [3.63, 3.8) is 0 Å². The van der Waals surface area contributed by atoms with E-state index in [1.54, 1.807) is 6.07 Å². The number of carboxylic acid groups (broad SMARTS) is 1. The number of esters is 1. The highest BCUT2D eigenvalue weighted by Crippen LogP contribution is 2.57. The zero-order valence-corrected chi connectivity index (χ0v) is 25.2. The van der Waals surface area contributed by atoms with Crippen LogP contribution in [0, 0.1) is 0 Å². The molecule has 220 valence electrons. The Morgan fingerprint density at radius 3 is 1.95 bits per heavy atom. The summed E-state index contributed by atoms with van der Waals surface area (Å²) in [6.45, 7) is 4.80. The third kappa shape index (κ3) is 4.68. The average Bonchev–Trinajstić information content (AvgIpc) is 3.26. The van der Waals surface area contributed by atoms with Crippen molar-refractivity contribution in [1.29, 1.82) is 0 Å². The number of nitrogens with one attached hydrogen (secondary N) is 1. The summed E-state index contributed by atoms with van der Waals surface area (Å²) in [5, 5.41) is 11.8. The highest BCUT2D eigenvalue weighted by molar-refractivity contribution is 6.09. The third-order valence-corrected chi connectivity index (χ3v) is 8.64. The van der Waals surface area contributed by atoms with E-state index in [2.05, 4.69) is 53.2 Å². The number of benzene rings is 3. The number of aliphatic carboxylic acids is 1. The number of carbonyl (C=O) groups is 3. The van der Waals surface area contributed by atoms with Gasteiger partial charge in [-0.25, -0.2) is 4.79 Å². The number of carbonyl (C=O) groups excluding carboxylic acids is 2. The molecule has 8 nitrogen and oxygen atoms in total. The Kier molecular flexibility index (Phi) is 7.51. The molecule has 0 unspecified atom stereocenters. The molecule has 42 heavy (non-hydrogen) atoms. The van der Waals surface area contributed by atoms with Gasteiger partial charge in [0.1, 0.15) is 0 Å². The quantitative estimate of drug-likeness (QED) is 0.267. The number of rotatable bonds is 9. The molecule has 0 atom stereocenters. The molecule has 2 aliphatic rings. The molecule has 0 radical (unpaired) electrons. The van der Waals surface area contributed by atoms with Gasteiger partial charge in [-0.15, -0.1) is 0 Å². The fourth-order valence-electron chi connectivity index (χ4n) is 6.33. The highest BCUT2D eigenvalue weighted by atomic mass is 16.6. The monoisotopic (exact) mass is 569 g/mol. The van der Waals surface area contributed by atoms with Gasteiger partial charge in [0, 0.05) is 74.6 Å². The lowest BCUT2D eigenvalue weighted by Gasteiger charge is -2.45. The van der Waals surface area contributed by atoms with Crippen molar-refractivity contribution in [2.45, 2.75) is 50.5 Å². The Morgan fingerprint density at radius 1 is 0.810 bits per heavy atom. The summed E-state index contributed by atoms with van der Waals surface area (Å²) < 4.78 is 6.48. The minimum Gasteiger partial charge on any atom is -0.481 e. The second-order valence-electron chi connectivity index (χ2n) is 12.1. The second kappa shape index (κ2) is 10.8. The Labute approximate surface area is 247 Å². The average molecular weight is 570 g/mol. The van der Waals surface area contributed by atoms with Crippen LogP contribution < -0.4 is 15.1 Å². The number of hydrogen-bond acceptors (Lipinski definition) is 6. The summed E-state index contributed by atoms with van der Waals surface area (Å²) in [5.74, 6) is -1.69. The van der Waals surface area contributed by atoms with Crippen molar-refractivity contribution in [3.05, 3.63) is 93.5 Å². The lowest BCUT2D eigenvalue weighted by Crippen LogP contribution is -2.41. The van der Waals surface area contributed by atoms with E-state index < -0.39 is 23.0 Å². The number of unbranched alkanes of at least 4 members (excludes halogenated alkanes) is 2. The molecular weight excluding hydrogens is 530 g/mol. The molecule has 1 spiro atoms. The molecule has 1 amide bonds. The van der Waals surface area contributed by atoms with Crippen LogP contribution in [-0.4, -0.2) is 57.7 Å². The maximum atomic E-state index is 13.8. The Morgan fingerprint density at radius 2 is 1.40 bits per heavy atom. The molecule has 1 heterocycles. The van der Waals surface area contributed by atoms with Crippen LogP contribution in [0.25, 0.3) is 0 Å². The van der Waals surface area contributed by atoms with Gasteiger partial charge in [0.15, 0.2) is 5.60 Å². The predicted molar refractivity (Wildman–Crippen MR) is 164 cm³/mol. The van der Waals surface area contributed by atoms with E-state index in [1.807, 2.05) is 52.5 Å². The number of carboxylic acids is 1. The van der Waals surface area contributed by atoms with Crippen molar-refractivity contribution in [3.8, 4) is 0 Å². The number of nitrogens with zero attached hydrogens (tertiary/aromatic N) is 2. The lowest BCUT2D eigenvalue weighted by atomic mass is 9.61. The Hall–Kier alpha value is -4.33. The van der Waals surface area contributed by atoms with E-state index in [9.17, 15) is 14.4 Å². The summed E-state index contributed by atoms with van der Waals surface area (Å²) in [6.07, 6.45) is 2.01. The minimum absolute atomic E-state index is 0.111. The van der Waals surface area contributed by atoms with Gasteiger partial charge in [-0.05, 0) is 54.3 Å². The maximum Gasteiger partial charge on any atom is 0.340 e. The second-order valence-corrected chi connectivity index (χ2v) is 12.1. The van der Waals surface area contributed by atoms with Crippen molar-refractivity contribution < 1.29 is 24.2 Å². The van der Waals surface area contributed by atoms with Gasteiger partial charge in [0.25, 0.3) is 5.91 Å². The van der Waals surface area contributed by atoms with E-state index in [4.69, 9.17) is 9.84 Å². The Balaban J connectivity index is 1.63. The van der Waals surface area contributed by atoms with Crippen molar-refractivity contribution in [1.82, 2.24) is 5.32 Å². The molecule has 0 fully saturated rings. The molecule has 0 aromatic heterocycles. The van der Waals surface area contributed by atoms with Crippen LogP contribution in [0.1, 0.15) is 88.1 Å². The molecule has 5 rings (SSSR count). The molecule has 0 bridgehead atoms. The van der Waals surface area contributed by atoms with Crippen molar-refractivity contribution >= 4 is 29.2 Å². The fraction of sp³-hybridized carbons (Fsp3) is 0.382. The van der Waals surface area contributed by atoms with Gasteiger partial charge in [-0.1, -0.05) is 44.5 Å². The highest BCUT2D eigenvalue weighted by Gasteiger charge is 2.56.